The lowest BCUT2D eigenvalue weighted by atomic mass is 10.2. The molecule has 5 nitrogen and oxygen atoms in total. The number of nitrogens with one attached hydrogen (secondary N) is 1. The predicted octanol–water partition coefficient (Wildman–Crippen LogP) is 1.23. The van der Waals surface area contributed by atoms with Gasteiger partial charge in [-0.1, -0.05) is 18.2 Å². The van der Waals surface area contributed by atoms with Gasteiger partial charge in [-0.3, -0.25) is 4.79 Å². The van der Waals surface area contributed by atoms with E-state index in [-0.39, 0.29) is 11.9 Å². The molecule has 0 spiro atoms. The normalized spacial score (nSPS) is 19.6. The fourth-order valence-electron chi connectivity index (χ4n) is 2.17. The number of rotatable bonds is 4. The Bertz CT molecular complexity index is 569. The molecule has 1 saturated heterocycles. The van der Waals surface area contributed by atoms with Gasteiger partial charge in [-0.2, -0.15) is 0 Å². The van der Waals surface area contributed by atoms with Gasteiger partial charge < -0.3 is 4.90 Å². The summed E-state index contributed by atoms with van der Waals surface area (Å²) in [5.41, 5.74) is 0.639. The Hall–Kier alpha value is -1.40. The third-order valence-corrected chi connectivity index (χ3v) is 5.35. The first-order valence-corrected chi connectivity index (χ1v) is 8.30. The molecule has 1 aromatic rings. The van der Waals surface area contributed by atoms with E-state index in [1.807, 2.05) is 18.2 Å². The summed E-state index contributed by atoms with van der Waals surface area (Å²) in [6.45, 7) is 4.30. The molecule has 1 amide bonds. The number of benzene rings is 1. The van der Waals surface area contributed by atoms with Gasteiger partial charge in [0.2, 0.25) is 10.0 Å². The first kappa shape index (κ1) is 15.0. The molecule has 0 radical (unpaired) electrons. The Balaban J connectivity index is 1.98. The molecule has 1 aliphatic rings. The quantitative estimate of drug-likeness (QED) is 0.908. The highest BCUT2D eigenvalue weighted by Gasteiger charge is 2.30. The van der Waals surface area contributed by atoms with Crippen molar-refractivity contribution in [2.75, 3.05) is 13.1 Å². The van der Waals surface area contributed by atoms with Gasteiger partial charge in [0.15, 0.2) is 0 Å². The van der Waals surface area contributed by atoms with Gasteiger partial charge in [-0.05, 0) is 32.4 Å². The van der Waals surface area contributed by atoms with Crippen LogP contribution in [0.25, 0.3) is 0 Å². The third-order valence-electron chi connectivity index (χ3n) is 3.45. The van der Waals surface area contributed by atoms with Crippen molar-refractivity contribution >= 4 is 15.9 Å². The second-order valence-electron chi connectivity index (χ2n) is 5.31. The van der Waals surface area contributed by atoms with Gasteiger partial charge in [0.1, 0.15) is 0 Å². The molecule has 2 rings (SSSR count). The molecule has 0 aliphatic carbocycles. The maximum absolute atomic E-state index is 12.2. The average molecular weight is 296 g/mol. The number of nitrogens with zero attached hydrogens (tertiary/aromatic N) is 1. The molecule has 0 bridgehead atoms. The van der Waals surface area contributed by atoms with Crippen molar-refractivity contribution in [3.05, 3.63) is 35.9 Å². The van der Waals surface area contributed by atoms with Crippen LogP contribution in [-0.4, -0.2) is 43.6 Å². The zero-order valence-corrected chi connectivity index (χ0v) is 12.6. The maximum Gasteiger partial charge on any atom is 0.253 e. The Kier molecular flexibility index (Phi) is 4.45. The summed E-state index contributed by atoms with van der Waals surface area (Å²) in [7, 11) is -3.28. The van der Waals surface area contributed by atoms with E-state index < -0.39 is 15.3 Å². The second kappa shape index (κ2) is 5.93. The first-order valence-electron chi connectivity index (χ1n) is 6.75. The van der Waals surface area contributed by atoms with Crippen LogP contribution in [0, 0.1) is 0 Å². The molecule has 0 saturated carbocycles. The molecule has 1 N–H and O–H groups in total. The molecule has 1 unspecified atom stereocenters. The predicted molar refractivity (Wildman–Crippen MR) is 77.9 cm³/mol. The van der Waals surface area contributed by atoms with Crippen LogP contribution in [0.2, 0.25) is 0 Å². The lowest BCUT2D eigenvalue weighted by molar-refractivity contribution is 0.0790. The SMILES string of the molecule is CC(C)S(=O)(=O)NC1CCN(C(=O)c2ccccc2)C1. The number of likely N-dealkylation sites (tertiary alicyclic amines) is 1. The molecule has 6 heteroatoms. The third kappa shape index (κ3) is 3.37. The first-order chi connectivity index (χ1) is 9.40. The highest BCUT2D eigenvalue weighted by atomic mass is 32.2. The van der Waals surface area contributed by atoms with Crippen LogP contribution in [0.3, 0.4) is 0 Å². The summed E-state index contributed by atoms with van der Waals surface area (Å²) >= 11 is 0. The summed E-state index contributed by atoms with van der Waals surface area (Å²) in [6, 6.07) is 8.86. The minimum Gasteiger partial charge on any atom is -0.337 e. The number of amides is 1. The molecule has 1 aliphatic heterocycles. The maximum atomic E-state index is 12.2. The van der Waals surface area contributed by atoms with Crippen molar-refractivity contribution in [2.45, 2.75) is 31.6 Å². The van der Waals surface area contributed by atoms with Crippen LogP contribution in [0.15, 0.2) is 30.3 Å². The highest BCUT2D eigenvalue weighted by Crippen LogP contribution is 2.15. The minimum absolute atomic E-state index is 0.0446. The van der Waals surface area contributed by atoms with Crippen LogP contribution >= 0.6 is 0 Å². The van der Waals surface area contributed by atoms with E-state index in [2.05, 4.69) is 4.72 Å². The second-order valence-corrected chi connectivity index (χ2v) is 7.58. The number of carbonyl (C=O) groups is 1. The molecule has 0 aromatic heterocycles. The average Bonchev–Trinajstić information content (AvgIpc) is 2.86. The van der Waals surface area contributed by atoms with Crippen molar-refractivity contribution in [1.29, 1.82) is 0 Å². The molecule has 1 heterocycles. The van der Waals surface area contributed by atoms with Crippen LogP contribution in [-0.2, 0) is 10.0 Å². The summed E-state index contributed by atoms with van der Waals surface area (Å²) in [4.78, 5) is 13.9. The van der Waals surface area contributed by atoms with E-state index in [4.69, 9.17) is 0 Å². The molecule has 20 heavy (non-hydrogen) atoms. The van der Waals surface area contributed by atoms with Gasteiger partial charge in [-0.25, -0.2) is 13.1 Å². The summed E-state index contributed by atoms with van der Waals surface area (Å²) in [5, 5.41) is -0.457. The largest absolute Gasteiger partial charge is 0.337 e. The smallest absolute Gasteiger partial charge is 0.253 e. The monoisotopic (exact) mass is 296 g/mol. The van der Waals surface area contributed by atoms with Gasteiger partial charge >= 0.3 is 0 Å². The van der Waals surface area contributed by atoms with E-state index >= 15 is 0 Å². The molecular weight excluding hydrogens is 276 g/mol. The Morgan fingerprint density at radius 2 is 1.95 bits per heavy atom. The molecule has 1 aromatic carbocycles. The number of hydrogen-bond acceptors (Lipinski definition) is 3. The number of sulfonamides is 1. The topological polar surface area (TPSA) is 66.5 Å². The minimum atomic E-state index is -3.28. The fourth-order valence-corrected chi connectivity index (χ4v) is 3.10. The summed E-state index contributed by atoms with van der Waals surface area (Å²) < 4.78 is 26.3. The summed E-state index contributed by atoms with van der Waals surface area (Å²) in [6.07, 6.45) is 0.657. The van der Waals surface area contributed by atoms with Crippen LogP contribution in [0.5, 0.6) is 0 Å². The van der Waals surface area contributed by atoms with Crippen LogP contribution in [0.4, 0.5) is 0 Å². The van der Waals surface area contributed by atoms with Crippen LogP contribution in [0.1, 0.15) is 30.6 Å². The zero-order chi connectivity index (χ0) is 14.8. The fraction of sp³-hybridized carbons (Fsp3) is 0.500. The molecule has 110 valence electrons. The van der Waals surface area contributed by atoms with E-state index in [1.165, 1.54) is 0 Å². The number of hydrogen-bond donors (Lipinski definition) is 1. The van der Waals surface area contributed by atoms with Gasteiger partial charge in [0.25, 0.3) is 5.91 Å². The lowest BCUT2D eigenvalue weighted by Crippen LogP contribution is -2.41. The van der Waals surface area contributed by atoms with E-state index in [1.54, 1.807) is 30.9 Å². The van der Waals surface area contributed by atoms with Gasteiger partial charge in [0, 0.05) is 24.7 Å². The van der Waals surface area contributed by atoms with Crippen molar-refractivity contribution in [3.63, 3.8) is 0 Å². The van der Waals surface area contributed by atoms with Crippen molar-refractivity contribution in [2.24, 2.45) is 0 Å². The van der Waals surface area contributed by atoms with Gasteiger partial charge in [0.05, 0.1) is 5.25 Å². The Labute approximate surface area is 120 Å². The highest BCUT2D eigenvalue weighted by molar-refractivity contribution is 7.90. The Morgan fingerprint density at radius 1 is 1.30 bits per heavy atom. The van der Waals surface area contributed by atoms with Crippen molar-refractivity contribution in [1.82, 2.24) is 9.62 Å². The van der Waals surface area contributed by atoms with E-state index in [0.717, 1.165) is 0 Å². The molecule has 1 atom stereocenters. The van der Waals surface area contributed by atoms with E-state index in [9.17, 15) is 13.2 Å². The van der Waals surface area contributed by atoms with Gasteiger partial charge in [-0.15, -0.1) is 0 Å². The Morgan fingerprint density at radius 3 is 2.55 bits per heavy atom. The number of carbonyl (C=O) groups excluding carboxylic acids is 1. The van der Waals surface area contributed by atoms with Crippen molar-refractivity contribution in [3.8, 4) is 0 Å². The van der Waals surface area contributed by atoms with Crippen LogP contribution < -0.4 is 4.72 Å². The standard InChI is InChI=1S/C14H20N2O3S/c1-11(2)20(18,19)15-13-8-9-16(10-13)14(17)12-6-4-3-5-7-12/h3-7,11,13,15H,8-10H2,1-2H3. The zero-order valence-electron chi connectivity index (χ0n) is 11.7. The van der Waals surface area contributed by atoms with Crippen molar-refractivity contribution < 1.29 is 13.2 Å². The lowest BCUT2D eigenvalue weighted by Gasteiger charge is -2.18. The van der Waals surface area contributed by atoms with E-state index in [0.29, 0.717) is 25.1 Å². The summed E-state index contributed by atoms with van der Waals surface area (Å²) in [5.74, 6) is -0.0446. The molecule has 1 fully saturated rings. The molecular formula is C14H20N2O3S.